The Morgan fingerprint density at radius 3 is 2.48 bits per heavy atom. The SMILES string of the molecule is C=CS/C(=C(\C)Oc1ccc(NS(=O)c2ccccc2Cl)c2ccccc12)c1ccnc(NC2CCCCC2)n1.CC. The van der Waals surface area contributed by atoms with Gasteiger partial charge in [0.25, 0.3) is 0 Å². The van der Waals surface area contributed by atoms with E-state index in [0.717, 1.165) is 39.9 Å². The number of hydrogen-bond donors (Lipinski definition) is 2. The van der Waals surface area contributed by atoms with Crippen molar-refractivity contribution < 1.29 is 8.95 Å². The largest absolute Gasteiger partial charge is 0.460 e. The molecule has 4 aromatic rings. The Hall–Kier alpha value is -3.33. The molecule has 2 N–H and O–H groups in total. The molecule has 0 radical (unpaired) electrons. The molecular formula is C33H37ClN4O2S2. The third kappa shape index (κ3) is 7.94. The maximum absolute atomic E-state index is 13.1. The van der Waals surface area contributed by atoms with Gasteiger partial charge in [-0.25, -0.2) is 14.2 Å². The van der Waals surface area contributed by atoms with Gasteiger partial charge in [-0.1, -0.05) is 99.4 Å². The number of ether oxygens (including phenoxy) is 1. The van der Waals surface area contributed by atoms with Crippen LogP contribution in [0.15, 0.2) is 95.6 Å². The fourth-order valence-corrected chi connectivity index (χ4v) is 6.69. The average Bonchev–Trinajstić information content (AvgIpc) is 3.03. The quantitative estimate of drug-likeness (QED) is 0.172. The van der Waals surface area contributed by atoms with Crippen LogP contribution >= 0.6 is 23.4 Å². The summed E-state index contributed by atoms with van der Waals surface area (Å²) in [5.74, 6) is 2.00. The number of nitrogens with zero attached hydrogens (tertiary/aromatic N) is 2. The summed E-state index contributed by atoms with van der Waals surface area (Å²) >= 11 is 7.73. The lowest BCUT2D eigenvalue weighted by Crippen LogP contribution is -2.23. The van der Waals surface area contributed by atoms with Gasteiger partial charge in [0.15, 0.2) is 11.0 Å². The van der Waals surface area contributed by atoms with Crippen LogP contribution in [0.25, 0.3) is 15.7 Å². The van der Waals surface area contributed by atoms with Crippen molar-refractivity contribution in [1.29, 1.82) is 0 Å². The first-order valence-corrected chi connectivity index (χ1v) is 16.6. The van der Waals surface area contributed by atoms with Gasteiger partial charge in [-0.2, -0.15) is 0 Å². The lowest BCUT2D eigenvalue weighted by Gasteiger charge is -2.23. The molecule has 1 unspecified atom stereocenters. The first-order chi connectivity index (χ1) is 20.5. The predicted molar refractivity (Wildman–Crippen MR) is 180 cm³/mol. The Morgan fingerprint density at radius 2 is 1.74 bits per heavy atom. The number of rotatable bonds is 10. The van der Waals surface area contributed by atoms with E-state index in [-0.39, 0.29) is 0 Å². The number of anilines is 2. The summed E-state index contributed by atoms with van der Waals surface area (Å²) in [7, 11) is -1.53. The van der Waals surface area contributed by atoms with Gasteiger partial charge in [-0.05, 0) is 55.5 Å². The Balaban J connectivity index is 0.00000198. The minimum absolute atomic E-state index is 0.409. The van der Waals surface area contributed by atoms with E-state index in [9.17, 15) is 4.21 Å². The lowest BCUT2D eigenvalue weighted by molar-refractivity contribution is 0.437. The van der Waals surface area contributed by atoms with Gasteiger partial charge in [0.1, 0.15) is 11.5 Å². The molecule has 0 saturated heterocycles. The molecule has 9 heteroatoms. The number of halogens is 1. The lowest BCUT2D eigenvalue weighted by atomic mass is 9.96. The highest BCUT2D eigenvalue weighted by atomic mass is 35.5. The van der Waals surface area contributed by atoms with Crippen molar-refractivity contribution in [1.82, 2.24) is 9.97 Å². The van der Waals surface area contributed by atoms with Crippen LogP contribution in [0, 0.1) is 0 Å². The highest BCUT2D eigenvalue weighted by Crippen LogP contribution is 2.37. The molecule has 0 bridgehead atoms. The number of thioether (sulfide) groups is 1. The summed E-state index contributed by atoms with van der Waals surface area (Å²) in [5, 5.41) is 7.49. The van der Waals surface area contributed by atoms with Gasteiger partial charge < -0.3 is 14.8 Å². The smallest absolute Gasteiger partial charge is 0.223 e. The Labute approximate surface area is 260 Å². The number of aromatic nitrogens is 2. The molecule has 5 rings (SSSR count). The van der Waals surface area contributed by atoms with E-state index in [4.69, 9.17) is 21.3 Å². The average molecular weight is 621 g/mol. The van der Waals surface area contributed by atoms with E-state index in [2.05, 4.69) is 21.6 Å². The molecule has 3 aromatic carbocycles. The van der Waals surface area contributed by atoms with Gasteiger partial charge in [0, 0.05) is 23.0 Å². The molecular weight excluding hydrogens is 584 g/mol. The minimum Gasteiger partial charge on any atom is -0.460 e. The highest BCUT2D eigenvalue weighted by Gasteiger charge is 2.17. The molecule has 1 aliphatic rings. The Morgan fingerprint density at radius 1 is 1.02 bits per heavy atom. The van der Waals surface area contributed by atoms with Crippen molar-refractivity contribution in [3.63, 3.8) is 0 Å². The molecule has 0 aliphatic heterocycles. The minimum atomic E-state index is -1.53. The van der Waals surface area contributed by atoms with Crippen molar-refractivity contribution in [2.45, 2.75) is 63.8 Å². The van der Waals surface area contributed by atoms with Gasteiger partial charge in [-0.15, -0.1) is 0 Å². The molecule has 1 fully saturated rings. The number of fused-ring (bicyclic) bond motifs is 1. The van der Waals surface area contributed by atoms with Crippen LogP contribution in [0.2, 0.25) is 5.02 Å². The van der Waals surface area contributed by atoms with Crippen LogP contribution in [-0.4, -0.2) is 20.2 Å². The zero-order chi connectivity index (χ0) is 29.9. The van der Waals surface area contributed by atoms with Crippen molar-refractivity contribution in [3.8, 4) is 5.75 Å². The van der Waals surface area contributed by atoms with E-state index in [1.807, 2.05) is 75.4 Å². The number of nitrogens with one attached hydrogen (secondary N) is 2. The molecule has 220 valence electrons. The van der Waals surface area contributed by atoms with Crippen LogP contribution in [0.4, 0.5) is 11.6 Å². The van der Waals surface area contributed by atoms with E-state index in [1.54, 1.807) is 23.7 Å². The third-order valence-electron chi connectivity index (χ3n) is 6.73. The summed E-state index contributed by atoms with van der Waals surface area (Å²) < 4.78 is 22.6. The topological polar surface area (TPSA) is 76.1 Å². The summed E-state index contributed by atoms with van der Waals surface area (Å²) in [5.41, 5.74) is 1.49. The summed E-state index contributed by atoms with van der Waals surface area (Å²) in [4.78, 5) is 10.7. The van der Waals surface area contributed by atoms with Gasteiger partial charge >= 0.3 is 0 Å². The normalized spacial score (nSPS) is 14.7. The predicted octanol–water partition coefficient (Wildman–Crippen LogP) is 9.83. The second-order valence-electron chi connectivity index (χ2n) is 9.47. The maximum Gasteiger partial charge on any atom is 0.223 e. The standard InChI is InChI=1S/C31H31ClN4O2S2.C2H6/c1-3-39-30(27-19-20-33-31(35-27)34-22-11-5-4-6-12-22)21(2)38-28-18-17-26(23-13-7-8-14-24(23)28)36-40(37)29-16-10-9-15-25(29)32;1-2/h3,7-10,13-20,22,36H,1,4-6,11-12H2,2H3,(H,33,34,35);1-2H3/b30-21+;. The van der Waals surface area contributed by atoms with Gasteiger partial charge in [-0.3, -0.25) is 0 Å². The summed E-state index contributed by atoms with van der Waals surface area (Å²) in [6.07, 6.45) is 7.83. The number of benzene rings is 3. The van der Waals surface area contributed by atoms with E-state index in [0.29, 0.717) is 33.4 Å². The second kappa shape index (κ2) is 15.8. The number of hydrogen-bond acceptors (Lipinski definition) is 6. The monoisotopic (exact) mass is 620 g/mol. The van der Waals surface area contributed by atoms with Crippen molar-refractivity contribution >= 4 is 61.7 Å². The number of allylic oxidation sites excluding steroid dienone is 1. The molecule has 0 amide bonds. The van der Waals surface area contributed by atoms with Crippen molar-refractivity contribution in [3.05, 3.63) is 101 Å². The molecule has 6 nitrogen and oxygen atoms in total. The Bertz CT molecular complexity index is 1570. The third-order valence-corrected chi connectivity index (χ3v) is 9.24. The van der Waals surface area contributed by atoms with Crippen molar-refractivity contribution in [2.75, 3.05) is 10.0 Å². The fourth-order valence-electron chi connectivity index (χ4n) is 4.80. The molecule has 0 spiro atoms. The Kier molecular flexibility index (Phi) is 11.9. The van der Waals surface area contributed by atoms with Crippen LogP contribution in [0.3, 0.4) is 0 Å². The molecule has 1 heterocycles. The highest BCUT2D eigenvalue weighted by molar-refractivity contribution is 8.10. The van der Waals surface area contributed by atoms with E-state index in [1.165, 1.54) is 31.0 Å². The molecule has 42 heavy (non-hydrogen) atoms. The van der Waals surface area contributed by atoms with Crippen LogP contribution in [-0.2, 0) is 11.0 Å². The summed E-state index contributed by atoms with van der Waals surface area (Å²) in [6, 6.07) is 21.0. The zero-order valence-corrected chi connectivity index (χ0v) is 26.6. The van der Waals surface area contributed by atoms with Gasteiger partial charge in [0.2, 0.25) is 5.95 Å². The zero-order valence-electron chi connectivity index (χ0n) is 24.2. The maximum atomic E-state index is 13.1. The van der Waals surface area contributed by atoms with Crippen LogP contribution in [0.1, 0.15) is 58.6 Å². The van der Waals surface area contributed by atoms with E-state index < -0.39 is 11.0 Å². The first-order valence-electron chi connectivity index (χ1n) is 14.2. The second-order valence-corrected chi connectivity index (χ2v) is 12.0. The summed E-state index contributed by atoms with van der Waals surface area (Å²) in [6.45, 7) is 9.85. The van der Waals surface area contributed by atoms with Crippen LogP contribution < -0.4 is 14.8 Å². The van der Waals surface area contributed by atoms with Crippen molar-refractivity contribution in [2.24, 2.45) is 0 Å². The fraction of sp³-hybridized carbons (Fsp3) is 0.273. The molecule has 1 aliphatic carbocycles. The van der Waals surface area contributed by atoms with Crippen LogP contribution in [0.5, 0.6) is 5.75 Å². The van der Waals surface area contributed by atoms with E-state index >= 15 is 0 Å². The molecule has 1 atom stereocenters. The molecule has 1 aromatic heterocycles. The first kappa shape index (κ1) is 31.6. The molecule has 1 saturated carbocycles. The van der Waals surface area contributed by atoms with Gasteiger partial charge in [0.05, 0.1) is 26.2 Å².